The molecule has 0 radical (unpaired) electrons. The van der Waals surface area contributed by atoms with Crippen molar-refractivity contribution in [1.82, 2.24) is 9.97 Å². The van der Waals surface area contributed by atoms with Gasteiger partial charge in [-0.15, -0.1) is 0 Å². The lowest BCUT2D eigenvalue weighted by Crippen LogP contribution is -2.24. The van der Waals surface area contributed by atoms with E-state index in [1.807, 2.05) is 13.0 Å². The van der Waals surface area contributed by atoms with Crippen LogP contribution in [0.3, 0.4) is 0 Å². The molecule has 134 valence electrons. The van der Waals surface area contributed by atoms with E-state index in [1.54, 1.807) is 0 Å². The van der Waals surface area contributed by atoms with E-state index in [1.165, 1.54) is 12.1 Å². The summed E-state index contributed by atoms with van der Waals surface area (Å²) in [5.41, 5.74) is 7.59. The Kier molecular flexibility index (Phi) is 6.57. The van der Waals surface area contributed by atoms with Crippen molar-refractivity contribution >= 4 is 34.5 Å². The molecule has 1 aromatic heterocycles. The Morgan fingerprint density at radius 3 is 2.52 bits per heavy atom. The summed E-state index contributed by atoms with van der Waals surface area (Å²) >= 11 is 2.21. The first-order chi connectivity index (χ1) is 11.8. The maximum absolute atomic E-state index is 12.5. The topological polar surface area (TPSA) is 76.2 Å². The molecule has 5 nitrogen and oxygen atoms in total. The number of aliphatic imine (C=N–C) groups is 1. The van der Waals surface area contributed by atoms with Crippen molar-refractivity contribution in [2.75, 3.05) is 11.9 Å². The maximum atomic E-state index is 12.5. The van der Waals surface area contributed by atoms with Gasteiger partial charge >= 0.3 is 6.18 Å². The van der Waals surface area contributed by atoms with Gasteiger partial charge in [-0.1, -0.05) is 34.7 Å². The number of nitrogens with zero attached hydrogens (tertiary/aromatic N) is 3. The lowest BCUT2D eigenvalue weighted by Gasteiger charge is -2.08. The van der Waals surface area contributed by atoms with E-state index in [9.17, 15) is 13.2 Å². The highest BCUT2D eigenvalue weighted by molar-refractivity contribution is 14.1. The number of aryl methyl sites for hydroxylation is 1. The highest BCUT2D eigenvalue weighted by atomic mass is 127. The Balaban J connectivity index is 1.92. The first-order valence-corrected chi connectivity index (χ1v) is 8.94. The number of hydrogen-bond donors (Lipinski definition) is 2. The predicted octanol–water partition coefficient (Wildman–Crippen LogP) is 3.71. The van der Waals surface area contributed by atoms with Crippen LogP contribution in [0.4, 0.5) is 19.1 Å². The van der Waals surface area contributed by atoms with Gasteiger partial charge in [0.2, 0.25) is 5.95 Å². The molecule has 0 aliphatic rings. The molecular weight excluding hydrogens is 446 g/mol. The van der Waals surface area contributed by atoms with Gasteiger partial charge in [-0.25, -0.2) is 9.97 Å². The average molecular weight is 463 g/mol. The van der Waals surface area contributed by atoms with E-state index in [0.717, 1.165) is 33.5 Å². The van der Waals surface area contributed by atoms with Crippen molar-refractivity contribution < 1.29 is 13.2 Å². The van der Waals surface area contributed by atoms with Crippen LogP contribution in [0.15, 0.2) is 35.3 Å². The third-order valence-corrected chi connectivity index (χ3v) is 4.03. The standard InChI is InChI=1S/C16H17F3IN5/c1-10-8-13(9-20)24-15(23-10)25-14(21)22-7-6-11-2-4-12(5-3-11)16(17,18)19/h2-5,8H,6-7,9H2,1H3,(H3,21,22,23,24,25). The smallest absolute Gasteiger partial charge is 0.370 e. The highest BCUT2D eigenvalue weighted by Crippen LogP contribution is 2.29. The van der Waals surface area contributed by atoms with Crippen molar-refractivity contribution in [3.05, 3.63) is 52.8 Å². The molecule has 0 aliphatic carbocycles. The summed E-state index contributed by atoms with van der Waals surface area (Å²) in [6.07, 6.45) is -3.84. The number of alkyl halides is 4. The third kappa shape index (κ3) is 6.15. The summed E-state index contributed by atoms with van der Waals surface area (Å²) in [6.45, 7) is 2.20. The van der Waals surface area contributed by atoms with E-state index >= 15 is 0 Å². The van der Waals surface area contributed by atoms with Crippen LogP contribution in [0.5, 0.6) is 0 Å². The number of halogens is 4. The van der Waals surface area contributed by atoms with Crippen molar-refractivity contribution in [3.8, 4) is 0 Å². The molecule has 0 saturated heterocycles. The van der Waals surface area contributed by atoms with Crippen molar-refractivity contribution in [1.29, 1.82) is 0 Å². The molecule has 0 spiro atoms. The minimum atomic E-state index is -4.32. The van der Waals surface area contributed by atoms with Gasteiger partial charge < -0.3 is 5.73 Å². The van der Waals surface area contributed by atoms with Crippen LogP contribution in [0, 0.1) is 6.92 Å². The second-order valence-corrected chi connectivity index (χ2v) is 6.06. The summed E-state index contributed by atoms with van der Waals surface area (Å²) in [7, 11) is 0. The number of benzene rings is 1. The monoisotopic (exact) mass is 463 g/mol. The number of rotatable bonds is 5. The Labute approximate surface area is 157 Å². The molecule has 0 aliphatic heterocycles. The van der Waals surface area contributed by atoms with Crippen LogP contribution in [0.1, 0.15) is 22.5 Å². The minimum absolute atomic E-state index is 0.164. The molecule has 25 heavy (non-hydrogen) atoms. The fourth-order valence-corrected chi connectivity index (χ4v) is 2.47. The van der Waals surface area contributed by atoms with Crippen LogP contribution < -0.4 is 11.1 Å². The molecule has 0 amide bonds. The van der Waals surface area contributed by atoms with Gasteiger partial charge in [0.05, 0.1) is 11.3 Å². The van der Waals surface area contributed by atoms with E-state index in [0.29, 0.717) is 18.9 Å². The van der Waals surface area contributed by atoms with Gasteiger partial charge in [0, 0.05) is 16.7 Å². The van der Waals surface area contributed by atoms with Gasteiger partial charge in [0.1, 0.15) is 0 Å². The molecule has 2 rings (SSSR count). The lowest BCUT2D eigenvalue weighted by atomic mass is 10.1. The van der Waals surface area contributed by atoms with Crippen molar-refractivity contribution in [2.45, 2.75) is 23.9 Å². The van der Waals surface area contributed by atoms with Gasteiger partial charge in [0.25, 0.3) is 0 Å². The zero-order valence-electron chi connectivity index (χ0n) is 13.4. The molecular formula is C16H17F3IN5. The van der Waals surface area contributed by atoms with Gasteiger partial charge in [0.15, 0.2) is 5.96 Å². The van der Waals surface area contributed by atoms with Gasteiger partial charge in [-0.3, -0.25) is 10.3 Å². The number of anilines is 1. The number of guanidine groups is 1. The summed E-state index contributed by atoms with van der Waals surface area (Å²) < 4.78 is 38.3. The normalized spacial score (nSPS) is 12.3. The fourth-order valence-electron chi connectivity index (χ4n) is 2.08. The third-order valence-electron chi connectivity index (χ3n) is 3.25. The fraction of sp³-hybridized carbons (Fsp3) is 0.312. The molecule has 1 aromatic carbocycles. The second-order valence-electron chi connectivity index (χ2n) is 5.29. The summed E-state index contributed by atoms with van der Waals surface area (Å²) in [6, 6.07) is 6.89. The van der Waals surface area contributed by atoms with Gasteiger partial charge in [-0.05, 0) is 37.1 Å². The summed E-state index contributed by atoms with van der Waals surface area (Å²) in [5.74, 6) is 0.541. The quantitative estimate of drug-likeness (QED) is 0.307. The lowest BCUT2D eigenvalue weighted by molar-refractivity contribution is -0.137. The SMILES string of the molecule is Cc1cc(CI)nc(NC(N)=NCCc2ccc(C(F)(F)F)cc2)n1. The van der Waals surface area contributed by atoms with Crippen LogP contribution >= 0.6 is 22.6 Å². The first-order valence-electron chi connectivity index (χ1n) is 7.41. The van der Waals surface area contributed by atoms with Crippen LogP contribution in [0.25, 0.3) is 0 Å². The van der Waals surface area contributed by atoms with Crippen LogP contribution in [0.2, 0.25) is 0 Å². The van der Waals surface area contributed by atoms with E-state index in [-0.39, 0.29) is 5.96 Å². The Bertz CT molecular complexity index is 744. The average Bonchev–Trinajstić information content (AvgIpc) is 2.53. The molecule has 3 N–H and O–H groups in total. The van der Waals surface area contributed by atoms with E-state index < -0.39 is 11.7 Å². The highest BCUT2D eigenvalue weighted by Gasteiger charge is 2.29. The number of nitrogens with one attached hydrogen (secondary N) is 1. The molecule has 2 aromatic rings. The summed E-state index contributed by atoms with van der Waals surface area (Å²) in [4.78, 5) is 12.7. The van der Waals surface area contributed by atoms with E-state index in [4.69, 9.17) is 5.73 Å². The van der Waals surface area contributed by atoms with E-state index in [2.05, 4.69) is 42.9 Å². The molecule has 9 heteroatoms. The molecule has 1 heterocycles. The molecule has 0 bridgehead atoms. The molecule has 0 saturated carbocycles. The molecule has 0 fully saturated rings. The zero-order chi connectivity index (χ0) is 18.4. The minimum Gasteiger partial charge on any atom is -0.370 e. The summed E-state index contributed by atoms with van der Waals surface area (Å²) in [5, 5.41) is 2.83. The Hall–Kier alpha value is -1.91. The largest absolute Gasteiger partial charge is 0.416 e. The Morgan fingerprint density at radius 2 is 1.92 bits per heavy atom. The predicted molar refractivity (Wildman–Crippen MR) is 99.8 cm³/mol. The molecule has 0 unspecified atom stereocenters. The van der Waals surface area contributed by atoms with Gasteiger partial charge in [-0.2, -0.15) is 13.2 Å². The van der Waals surface area contributed by atoms with Crippen molar-refractivity contribution in [2.24, 2.45) is 10.7 Å². The number of hydrogen-bond acceptors (Lipinski definition) is 3. The van der Waals surface area contributed by atoms with Crippen molar-refractivity contribution in [3.63, 3.8) is 0 Å². The number of nitrogens with two attached hydrogens (primary N) is 1. The van der Waals surface area contributed by atoms with Crippen LogP contribution in [-0.4, -0.2) is 22.5 Å². The zero-order valence-corrected chi connectivity index (χ0v) is 15.6. The number of aromatic nitrogens is 2. The second kappa shape index (κ2) is 8.45. The maximum Gasteiger partial charge on any atom is 0.416 e. The Morgan fingerprint density at radius 1 is 1.24 bits per heavy atom. The first kappa shape index (κ1) is 19.4. The molecule has 0 atom stereocenters. The van der Waals surface area contributed by atoms with Crippen LogP contribution in [-0.2, 0) is 17.0 Å².